The Bertz CT molecular complexity index is 402. The van der Waals surface area contributed by atoms with Gasteiger partial charge in [-0.05, 0) is 18.8 Å². The second kappa shape index (κ2) is 5.74. The highest BCUT2D eigenvalue weighted by molar-refractivity contribution is 6.32. The van der Waals surface area contributed by atoms with Crippen molar-refractivity contribution >= 4 is 23.4 Å². The van der Waals surface area contributed by atoms with Crippen LogP contribution < -0.4 is 10.6 Å². The Labute approximate surface area is 114 Å². The lowest BCUT2D eigenvalue weighted by molar-refractivity contribution is 0.531. The number of nitrogen functional groups attached to an aromatic ring is 1. The first-order chi connectivity index (χ1) is 8.58. The van der Waals surface area contributed by atoms with E-state index in [4.69, 9.17) is 17.3 Å². The smallest absolute Gasteiger partial charge is 0.222 e. The minimum atomic E-state index is 0.293. The van der Waals surface area contributed by atoms with Gasteiger partial charge in [0.15, 0.2) is 5.82 Å². The fourth-order valence-corrected chi connectivity index (χ4v) is 2.79. The summed E-state index contributed by atoms with van der Waals surface area (Å²) in [6.45, 7) is 5.38. The third-order valence-electron chi connectivity index (χ3n) is 3.34. The molecule has 5 heteroatoms. The number of rotatable bonds is 4. The van der Waals surface area contributed by atoms with Crippen LogP contribution in [0.5, 0.6) is 0 Å². The zero-order chi connectivity index (χ0) is 13.1. The summed E-state index contributed by atoms with van der Waals surface area (Å²) in [5, 5.41) is 0.594. The Hall–Kier alpha value is -1.03. The summed E-state index contributed by atoms with van der Waals surface area (Å²) in [4.78, 5) is 10.6. The van der Waals surface area contributed by atoms with Gasteiger partial charge >= 0.3 is 0 Å². The molecular weight excluding hydrogens is 248 g/mol. The molecule has 1 heterocycles. The molecule has 0 bridgehead atoms. The molecule has 0 radical (unpaired) electrons. The summed E-state index contributed by atoms with van der Waals surface area (Å²) in [5.41, 5.74) is 5.69. The van der Waals surface area contributed by atoms with Gasteiger partial charge < -0.3 is 10.6 Å². The maximum Gasteiger partial charge on any atom is 0.222 e. The standard InChI is InChI=1S/C13H21ClN4/c1-9(2)8-18(10-5-3-4-6-10)12-11(14)7-16-13(15)17-12/h7,9-10H,3-6,8H2,1-2H3,(H2,15,16,17). The number of anilines is 2. The molecule has 1 aromatic rings. The lowest BCUT2D eigenvalue weighted by Gasteiger charge is -2.32. The minimum Gasteiger partial charge on any atom is -0.368 e. The zero-order valence-corrected chi connectivity index (χ0v) is 11.8. The molecule has 4 nitrogen and oxygen atoms in total. The van der Waals surface area contributed by atoms with E-state index in [1.165, 1.54) is 25.7 Å². The van der Waals surface area contributed by atoms with Crippen LogP contribution in [-0.2, 0) is 0 Å². The Morgan fingerprint density at radius 3 is 2.72 bits per heavy atom. The second-order valence-corrected chi connectivity index (χ2v) is 5.79. The van der Waals surface area contributed by atoms with Gasteiger partial charge in [-0.25, -0.2) is 4.98 Å². The molecule has 0 saturated heterocycles. The molecular formula is C13H21ClN4. The number of nitrogens with zero attached hydrogens (tertiary/aromatic N) is 3. The molecule has 0 spiro atoms. The van der Waals surface area contributed by atoms with Crippen LogP contribution in [-0.4, -0.2) is 22.6 Å². The Morgan fingerprint density at radius 1 is 1.44 bits per heavy atom. The lowest BCUT2D eigenvalue weighted by Crippen LogP contribution is -2.37. The molecule has 0 aromatic carbocycles. The van der Waals surface area contributed by atoms with Crippen molar-refractivity contribution in [3.05, 3.63) is 11.2 Å². The molecule has 1 aromatic heterocycles. The van der Waals surface area contributed by atoms with Crippen LogP contribution >= 0.6 is 11.6 Å². The maximum absolute atomic E-state index is 6.23. The van der Waals surface area contributed by atoms with Crippen molar-refractivity contribution in [2.75, 3.05) is 17.2 Å². The van der Waals surface area contributed by atoms with Crippen molar-refractivity contribution in [1.82, 2.24) is 9.97 Å². The molecule has 1 aliphatic carbocycles. The van der Waals surface area contributed by atoms with Gasteiger partial charge in [0.2, 0.25) is 5.95 Å². The first-order valence-corrected chi connectivity index (χ1v) is 7.00. The van der Waals surface area contributed by atoms with Crippen molar-refractivity contribution in [3.8, 4) is 0 Å². The van der Waals surface area contributed by atoms with Crippen LogP contribution in [0.3, 0.4) is 0 Å². The number of hydrogen-bond donors (Lipinski definition) is 1. The highest BCUT2D eigenvalue weighted by atomic mass is 35.5. The molecule has 2 rings (SSSR count). The van der Waals surface area contributed by atoms with Crippen LogP contribution in [0.25, 0.3) is 0 Å². The van der Waals surface area contributed by atoms with Crippen LogP contribution in [0.1, 0.15) is 39.5 Å². The van der Waals surface area contributed by atoms with Crippen molar-refractivity contribution in [3.63, 3.8) is 0 Å². The molecule has 0 aliphatic heterocycles. The van der Waals surface area contributed by atoms with Gasteiger partial charge in [0.1, 0.15) is 5.02 Å². The molecule has 0 atom stereocenters. The number of hydrogen-bond acceptors (Lipinski definition) is 4. The first-order valence-electron chi connectivity index (χ1n) is 6.62. The third kappa shape index (κ3) is 3.05. The molecule has 2 N–H and O–H groups in total. The zero-order valence-electron chi connectivity index (χ0n) is 11.1. The molecule has 0 unspecified atom stereocenters. The summed E-state index contributed by atoms with van der Waals surface area (Å²) in [5.74, 6) is 1.66. The van der Waals surface area contributed by atoms with Crippen molar-refractivity contribution in [2.45, 2.75) is 45.6 Å². The summed E-state index contributed by atoms with van der Waals surface area (Å²) in [6, 6.07) is 0.541. The van der Waals surface area contributed by atoms with Gasteiger partial charge in [0.05, 0.1) is 6.20 Å². The highest BCUT2D eigenvalue weighted by Gasteiger charge is 2.26. The minimum absolute atomic E-state index is 0.293. The fourth-order valence-electron chi connectivity index (χ4n) is 2.59. The van der Waals surface area contributed by atoms with Gasteiger partial charge in [-0.15, -0.1) is 0 Å². The summed E-state index contributed by atoms with van der Waals surface area (Å²) >= 11 is 6.23. The predicted octanol–water partition coefficient (Wildman–Crippen LogP) is 3.12. The quantitative estimate of drug-likeness (QED) is 0.912. The van der Waals surface area contributed by atoms with E-state index in [0.717, 1.165) is 12.4 Å². The number of aromatic nitrogens is 2. The average Bonchev–Trinajstić information content (AvgIpc) is 2.82. The van der Waals surface area contributed by atoms with E-state index in [1.54, 1.807) is 6.20 Å². The van der Waals surface area contributed by atoms with Crippen molar-refractivity contribution in [1.29, 1.82) is 0 Å². The fraction of sp³-hybridized carbons (Fsp3) is 0.692. The van der Waals surface area contributed by atoms with Gasteiger partial charge in [-0.3, -0.25) is 0 Å². The average molecular weight is 269 g/mol. The van der Waals surface area contributed by atoms with Crippen molar-refractivity contribution in [2.24, 2.45) is 5.92 Å². The predicted molar refractivity (Wildman–Crippen MR) is 75.9 cm³/mol. The van der Waals surface area contributed by atoms with E-state index in [2.05, 4.69) is 28.7 Å². The van der Waals surface area contributed by atoms with Crippen molar-refractivity contribution < 1.29 is 0 Å². The molecule has 100 valence electrons. The molecule has 1 saturated carbocycles. The Kier molecular flexibility index (Phi) is 4.27. The van der Waals surface area contributed by atoms with E-state index in [9.17, 15) is 0 Å². The number of halogens is 1. The van der Waals surface area contributed by atoms with Gasteiger partial charge in [-0.2, -0.15) is 4.98 Å². The SMILES string of the molecule is CC(C)CN(c1nc(N)ncc1Cl)C1CCCC1. The third-order valence-corrected chi connectivity index (χ3v) is 3.61. The van der Waals surface area contributed by atoms with Crippen LogP contribution in [0.4, 0.5) is 11.8 Å². The van der Waals surface area contributed by atoms with E-state index in [0.29, 0.717) is 22.9 Å². The van der Waals surface area contributed by atoms with E-state index < -0.39 is 0 Å². The highest BCUT2D eigenvalue weighted by Crippen LogP contribution is 2.32. The summed E-state index contributed by atoms with van der Waals surface area (Å²) in [7, 11) is 0. The normalized spacial score (nSPS) is 16.4. The van der Waals surface area contributed by atoms with Gasteiger partial charge in [0.25, 0.3) is 0 Å². The topological polar surface area (TPSA) is 55.0 Å². The van der Waals surface area contributed by atoms with Gasteiger partial charge in [-0.1, -0.05) is 38.3 Å². The summed E-state index contributed by atoms with van der Waals surface area (Å²) in [6.07, 6.45) is 6.61. The molecule has 18 heavy (non-hydrogen) atoms. The van der Waals surface area contributed by atoms with E-state index in [-0.39, 0.29) is 0 Å². The van der Waals surface area contributed by atoms with E-state index in [1.807, 2.05) is 0 Å². The maximum atomic E-state index is 6.23. The largest absolute Gasteiger partial charge is 0.368 e. The van der Waals surface area contributed by atoms with Crippen LogP contribution in [0, 0.1) is 5.92 Å². The lowest BCUT2D eigenvalue weighted by atomic mass is 10.1. The first kappa shape index (κ1) is 13.4. The molecule has 1 aliphatic rings. The van der Waals surface area contributed by atoms with Crippen LogP contribution in [0.2, 0.25) is 5.02 Å². The molecule has 1 fully saturated rings. The van der Waals surface area contributed by atoms with Crippen LogP contribution in [0.15, 0.2) is 6.20 Å². The number of nitrogens with two attached hydrogens (primary N) is 1. The van der Waals surface area contributed by atoms with Gasteiger partial charge in [0, 0.05) is 12.6 Å². The summed E-state index contributed by atoms with van der Waals surface area (Å²) < 4.78 is 0. The Morgan fingerprint density at radius 2 is 2.11 bits per heavy atom. The monoisotopic (exact) mass is 268 g/mol. The molecule has 0 amide bonds. The van der Waals surface area contributed by atoms with E-state index >= 15 is 0 Å². The Balaban J connectivity index is 2.29. The second-order valence-electron chi connectivity index (χ2n) is 5.38.